The molecule has 0 saturated heterocycles. The standard InChI is InChI=1S/C20H20N2/c1-14-13-19-20(3,16-9-5-4-6-10-16)18-12-8-7-11-17(18)15(2)22(19)21-14/h4-13,15H,1-3H3. The highest BCUT2D eigenvalue weighted by Crippen LogP contribution is 2.46. The SMILES string of the molecule is Cc1cc2n(n1)C(C)c1ccccc1C2(C)c1ccccc1. The van der Waals surface area contributed by atoms with Crippen molar-refractivity contribution in [2.24, 2.45) is 0 Å². The van der Waals surface area contributed by atoms with Gasteiger partial charge in [0.1, 0.15) is 0 Å². The molecule has 4 rings (SSSR count). The molecule has 0 radical (unpaired) electrons. The van der Waals surface area contributed by atoms with Crippen molar-refractivity contribution >= 4 is 0 Å². The van der Waals surface area contributed by atoms with Crippen LogP contribution in [-0.4, -0.2) is 9.78 Å². The van der Waals surface area contributed by atoms with Crippen LogP contribution in [0.15, 0.2) is 60.7 Å². The van der Waals surface area contributed by atoms with E-state index in [1.54, 1.807) is 0 Å². The van der Waals surface area contributed by atoms with Gasteiger partial charge in [-0.1, -0.05) is 54.6 Å². The van der Waals surface area contributed by atoms with Crippen LogP contribution >= 0.6 is 0 Å². The van der Waals surface area contributed by atoms with E-state index in [9.17, 15) is 0 Å². The Morgan fingerprint density at radius 3 is 2.45 bits per heavy atom. The molecule has 2 heterocycles. The molecule has 22 heavy (non-hydrogen) atoms. The van der Waals surface area contributed by atoms with E-state index in [1.165, 1.54) is 22.4 Å². The maximum Gasteiger partial charge on any atom is 0.0747 e. The molecule has 2 atom stereocenters. The third kappa shape index (κ3) is 1.64. The molecule has 2 heteroatoms. The summed E-state index contributed by atoms with van der Waals surface area (Å²) in [6.07, 6.45) is 0. The van der Waals surface area contributed by atoms with E-state index >= 15 is 0 Å². The maximum absolute atomic E-state index is 4.77. The number of fused-ring (bicyclic) bond motifs is 2. The molecule has 0 spiro atoms. The molecule has 0 bridgehead atoms. The van der Waals surface area contributed by atoms with Crippen LogP contribution in [0.2, 0.25) is 0 Å². The first kappa shape index (κ1) is 13.3. The van der Waals surface area contributed by atoms with Crippen LogP contribution in [-0.2, 0) is 5.41 Å². The number of benzene rings is 2. The maximum atomic E-state index is 4.77. The Kier molecular flexibility index (Phi) is 2.77. The van der Waals surface area contributed by atoms with Gasteiger partial charge in [0.05, 0.1) is 22.8 Å². The summed E-state index contributed by atoms with van der Waals surface area (Å²) in [4.78, 5) is 0. The van der Waals surface area contributed by atoms with Gasteiger partial charge in [-0.05, 0) is 43.5 Å². The average molecular weight is 288 g/mol. The zero-order chi connectivity index (χ0) is 15.3. The lowest BCUT2D eigenvalue weighted by Gasteiger charge is -2.39. The summed E-state index contributed by atoms with van der Waals surface area (Å²) in [5.41, 5.74) is 6.27. The van der Waals surface area contributed by atoms with Gasteiger partial charge in [-0.3, -0.25) is 4.68 Å². The molecule has 3 aromatic rings. The Bertz CT molecular complexity index is 832. The molecular weight excluding hydrogens is 268 g/mol. The molecule has 1 aliphatic heterocycles. The second kappa shape index (κ2) is 4.57. The first-order chi connectivity index (χ1) is 10.6. The van der Waals surface area contributed by atoms with E-state index in [0.29, 0.717) is 0 Å². The fourth-order valence-corrected chi connectivity index (χ4v) is 3.85. The van der Waals surface area contributed by atoms with Crippen molar-refractivity contribution in [3.63, 3.8) is 0 Å². The predicted octanol–water partition coefficient (Wildman–Crippen LogP) is 4.47. The van der Waals surface area contributed by atoms with E-state index in [4.69, 9.17) is 5.10 Å². The van der Waals surface area contributed by atoms with Crippen LogP contribution in [0.4, 0.5) is 0 Å². The molecule has 0 amide bonds. The quantitative estimate of drug-likeness (QED) is 0.646. The van der Waals surface area contributed by atoms with Gasteiger partial charge in [-0.2, -0.15) is 5.10 Å². The molecule has 110 valence electrons. The van der Waals surface area contributed by atoms with E-state index in [0.717, 1.165) is 5.69 Å². The molecule has 2 aromatic carbocycles. The van der Waals surface area contributed by atoms with Crippen molar-refractivity contribution in [1.82, 2.24) is 9.78 Å². The zero-order valence-electron chi connectivity index (χ0n) is 13.2. The Morgan fingerprint density at radius 1 is 1.00 bits per heavy atom. The fraction of sp³-hybridized carbons (Fsp3) is 0.250. The first-order valence-corrected chi connectivity index (χ1v) is 7.84. The second-order valence-corrected chi connectivity index (χ2v) is 6.37. The summed E-state index contributed by atoms with van der Waals surface area (Å²) < 4.78 is 2.20. The van der Waals surface area contributed by atoms with Gasteiger partial charge in [-0.15, -0.1) is 0 Å². The first-order valence-electron chi connectivity index (χ1n) is 7.84. The third-order valence-corrected chi connectivity index (χ3v) is 5.04. The van der Waals surface area contributed by atoms with Crippen LogP contribution in [0.1, 0.15) is 48.0 Å². The number of aryl methyl sites for hydroxylation is 1. The minimum absolute atomic E-state index is 0.161. The van der Waals surface area contributed by atoms with Gasteiger partial charge in [0.15, 0.2) is 0 Å². The number of hydrogen-bond donors (Lipinski definition) is 0. The highest BCUT2D eigenvalue weighted by molar-refractivity contribution is 5.54. The Labute approximate surface area is 131 Å². The minimum Gasteiger partial charge on any atom is -0.261 e. The summed E-state index contributed by atoms with van der Waals surface area (Å²) in [5, 5.41) is 4.77. The number of nitrogens with zero attached hydrogens (tertiary/aromatic N) is 2. The Morgan fingerprint density at radius 2 is 1.68 bits per heavy atom. The van der Waals surface area contributed by atoms with Crippen molar-refractivity contribution in [1.29, 1.82) is 0 Å². The van der Waals surface area contributed by atoms with Gasteiger partial charge in [-0.25, -0.2) is 0 Å². The summed E-state index contributed by atoms with van der Waals surface area (Å²) >= 11 is 0. The van der Waals surface area contributed by atoms with Crippen LogP contribution < -0.4 is 0 Å². The summed E-state index contributed by atoms with van der Waals surface area (Å²) in [5.74, 6) is 0. The Balaban J connectivity index is 2.09. The van der Waals surface area contributed by atoms with Crippen molar-refractivity contribution in [2.45, 2.75) is 32.2 Å². The monoisotopic (exact) mass is 288 g/mol. The second-order valence-electron chi connectivity index (χ2n) is 6.37. The van der Waals surface area contributed by atoms with Crippen LogP contribution in [0, 0.1) is 6.92 Å². The lowest BCUT2D eigenvalue weighted by Crippen LogP contribution is -2.36. The van der Waals surface area contributed by atoms with Crippen LogP contribution in [0.5, 0.6) is 0 Å². The molecule has 0 saturated carbocycles. The van der Waals surface area contributed by atoms with Gasteiger partial charge < -0.3 is 0 Å². The van der Waals surface area contributed by atoms with Crippen molar-refractivity contribution in [3.05, 3.63) is 88.7 Å². The fourth-order valence-electron chi connectivity index (χ4n) is 3.85. The predicted molar refractivity (Wildman–Crippen MR) is 89.2 cm³/mol. The smallest absolute Gasteiger partial charge is 0.0747 e. The number of hydrogen-bond acceptors (Lipinski definition) is 1. The molecule has 2 nitrogen and oxygen atoms in total. The Hall–Kier alpha value is -2.35. The summed E-state index contributed by atoms with van der Waals surface area (Å²) in [6, 6.07) is 22.0. The lowest BCUT2D eigenvalue weighted by atomic mass is 9.69. The van der Waals surface area contributed by atoms with Crippen molar-refractivity contribution in [2.75, 3.05) is 0 Å². The molecule has 1 aliphatic rings. The number of rotatable bonds is 1. The molecule has 1 aromatic heterocycles. The van der Waals surface area contributed by atoms with Gasteiger partial charge >= 0.3 is 0 Å². The molecule has 2 unspecified atom stereocenters. The number of aromatic nitrogens is 2. The minimum atomic E-state index is -0.161. The van der Waals surface area contributed by atoms with Gasteiger partial charge in [0.2, 0.25) is 0 Å². The normalized spacial score (nSPS) is 23.0. The van der Waals surface area contributed by atoms with Crippen LogP contribution in [0.25, 0.3) is 0 Å². The van der Waals surface area contributed by atoms with E-state index in [2.05, 4.69) is 86.1 Å². The largest absolute Gasteiger partial charge is 0.261 e. The van der Waals surface area contributed by atoms with Gasteiger partial charge in [0, 0.05) is 0 Å². The lowest BCUT2D eigenvalue weighted by molar-refractivity contribution is 0.455. The summed E-state index contributed by atoms with van der Waals surface area (Å²) in [6.45, 7) is 6.63. The van der Waals surface area contributed by atoms with E-state index in [-0.39, 0.29) is 11.5 Å². The van der Waals surface area contributed by atoms with Crippen molar-refractivity contribution < 1.29 is 0 Å². The summed E-state index contributed by atoms with van der Waals surface area (Å²) in [7, 11) is 0. The van der Waals surface area contributed by atoms with Crippen molar-refractivity contribution in [3.8, 4) is 0 Å². The molecular formula is C20H20N2. The molecule has 0 aliphatic carbocycles. The van der Waals surface area contributed by atoms with E-state index in [1.807, 2.05) is 0 Å². The third-order valence-electron chi connectivity index (χ3n) is 5.04. The zero-order valence-corrected chi connectivity index (χ0v) is 13.2. The highest BCUT2D eigenvalue weighted by atomic mass is 15.3. The van der Waals surface area contributed by atoms with E-state index < -0.39 is 0 Å². The highest BCUT2D eigenvalue weighted by Gasteiger charge is 2.41. The molecule has 0 fully saturated rings. The topological polar surface area (TPSA) is 17.8 Å². The van der Waals surface area contributed by atoms with Crippen LogP contribution in [0.3, 0.4) is 0 Å². The van der Waals surface area contributed by atoms with Gasteiger partial charge in [0.25, 0.3) is 0 Å². The average Bonchev–Trinajstić information content (AvgIpc) is 2.96. The molecule has 0 N–H and O–H groups in total.